The van der Waals surface area contributed by atoms with Crippen molar-refractivity contribution >= 4 is 5.69 Å². The van der Waals surface area contributed by atoms with Crippen molar-refractivity contribution in [3.8, 4) is 0 Å². The molecule has 0 amide bonds. The predicted octanol–water partition coefficient (Wildman–Crippen LogP) is 1.06. The first-order valence-corrected chi connectivity index (χ1v) is 4.47. The minimum atomic E-state index is 0.723. The molecule has 0 unspecified atom stereocenters. The van der Waals surface area contributed by atoms with Crippen molar-refractivity contribution in [2.24, 2.45) is 7.05 Å². The fraction of sp³-hybridized carbons (Fsp3) is 0.333. The third-order valence-corrected chi connectivity index (χ3v) is 2.10. The average molecular weight is 191 g/mol. The van der Waals surface area contributed by atoms with E-state index < -0.39 is 0 Å². The van der Waals surface area contributed by atoms with Crippen LogP contribution in [0.2, 0.25) is 0 Å². The van der Waals surface area contributed by atoms with Crippen LogP contribution in [0.5, 0.6) is 0 Å². The van der Waals surface area contributed by atoms with Gasteiger partial charge in [-0.1, -0.05) is 0 Å². The van der Waals surface area contributed by atoms with Gasteiger partial charge in [0.15, 0.2) is 0 Å². The SMILES string of the molecule is Cc1[nH]cnc1CNc1cnn(C)c1. The zero-order valence-electron chi connectivity index (χ0n) is 8.28. The number of aromatic amines is 1. The maximum Gasteiger partial charge on any atom is 0.0925 e. The first-order valence-electron chi connectivity index (χ1n) is 4.47. The highest BCUT2D eigenvalue weighted by Crippen LogP contribution is 2.07. The average Bonchev–Trinajstić information content (AvgIpc) is 2.72. The van der Waals surface area contributed by atoms with E-state index in [1.807, 2.05) is 20.2 Å². The second kappa shape index (κ2) is 3.53. The first kappa shape index (κ1) is 8.80. The summed E-state index contributed by atoms with van der Waals surface area (Å²) in [7, 11) is 1.89. The third-order valence-electron chi connectivity index (χ3n) is 2.10. The summed E-state index contributed by atoms with van der Waals surface area (Å²) in [6, 6.07) is 0. The predicted molar refractivity (Wildman–Crippen MR) is 53.9 cm³/mol. The Hall–Kier alpha value is -1.78. The second-order valence-corrected chi connectivity index (χ2v) is 3.23. The minimum absolute atomic E-state index is 0.723. The molecule has 2 heterocycles. The van der Waals surface area contributed by atoms with Crippen LogP contribution in [-0.2, 0) is 13.6 Å². The molecular formula is C9H13N5. The maximum atomic E-state index is 4.19. The minimum Gasteiger partial charge on any atom is -0.377 e. The normalized spacial score (nSPS) is 10.4. The van der Waals surface area contributed by atoms with E-state index in [-0.39, 0.29) is 0 Å². The van der Waals surface area contributed by atoms with Crippen LogP contribution in [0.15, 0.2) is 18.7 Å². The molecule has 5 nitrogen and oxygen atoms in total. The van der Waals surface area contributed by atoms with Crippen LogP contribution in [0.3, 0.4) is 0 Å². The summed E-state index contributed by atoms with van der Waals surface area (Å²) in [5.74, 6) is 0. The van der Waals surface area contributed by atoms with Gasteiger partial charge in [0.25, 0.3) is 0 Å². The van der Waals surface area contributed by atoms with Gasteiger partial charge in [0.05, 0.1) is 30.5 Å². The number of hydrogen-bond acceptors (Lipinski definition) is 3. The topological polar surface area (TPSA) is 58.5 Å². The lowest BCUT2D eigenvalue weighted by Crippen LogP contribution is -2.00. The highest BCUT2D eigenvalue weighted by Gasteiger charge is 2.00. The number of nitrogens with one attached hydrogen (secondary N) is 2. The van der Waals surface area contributed by atoms with E-state index in [9.17, 15) is 0 Å². The molecule has 2 aromatic heterocycles. The fourth-order valence-electron chi connectivity index (χ4n) is 1.26. The second-order valence-electron chi connectivity index (χ2n) is 3.23. The van der Waals surface area contributed by atoms with Gasteiger partial charge in [0.2, 0.25) is 0 Å². The first-order chi connectivity index (χ1) is 6.75. The van der Waals surface area contributed by atoms with Crippen LogP contribution in [0, 0.1) is 6.92 Å². The summed E-state index contributed by atoms with van der Waals surface area (Å²) in [5, 5.41) is 7.31. The monoisotopic (exact) mass is 191 g/mol. The molecule has 0 saturated carbocycles. The van der Waals surface area contributed by atoms with E-state index in [1.54, 1.807) is 17.2 Å². The molecule has 0 spiro atoms. The van der Waals surface area contributed by atoms with Crippen molar-refractivity contribution in [3.05, 3.63) is 30.1 Å². The van der Waals surface area contributed by atoms with Crippen LogP contribution in [0.25, 0.3) is 0 Å². The lowest BCUT2D eigenvalue weighted by molar-refractivity contribution is 0.768. The molecule has 0 aromatic carbocycles. The van der Waals surface area contributed by atoms with E-state index in [0.717, 1.165) is 23.6 Å². The van der Waals surface area contributed by atoms with Gasteiger partial charge in [0, 0.05) is 18.9 Å². The van der Waals surface area contributed by atoms with E-state index in [2.05, 4.69) is 20.4 Å². The molecule has 0 saturated heterocycles. The number of imidazole rings is 1. The quantitative estimate of drug-likeness (QED) is 0.762. The van der Waals surface area contributed by atoms with Gasteiger partial charge in [0.1, 0.15) is 0 Å². The zero-order valence-corrected chi connectivity index (χ0v) is 8.28. The Labute approximate surface area is 82.2 Å². The van der Waals surface area contributed by atoms with Gasteiger partial charge in [-0.3, -0.25) is 4.68 Å². The Morgan fingerprint density at radius 2 is 2.43 bits per heavy atom. The molecule has 0 aliphatic carbocycles. The van der Waals surface area contributed by atoms with E-state index in [1.165, 1.54) is 0 Å². The van der Waals surface area contributed by atoms with E-state index in [4.69, 9.17) is 0 Å². The Morgan fingerprint density at radius 1 is 1.57 bits per heavy atom. The van der Waals surface area contributed by atoms with Crippen LogP contribution >= 0.6 is 0 Å². The molecule has 2 aromatic rings. The highest BCUT2D eigenvalue weighted by molar-refractivity contribution is 5.38. The number of anilines is 1. The summed E-state index contributed by atoms with van der Waals surface area (Å²) < 4.78 is 1.76. The summed E-state index contributed by atoms with van der Waals surface area (Å²) >= 11 is 0. The number of nitrogens with zero attached hydrogens (tertiary/aromatic N) is 3. The number of H-pyrrole nitrogens is 1. The lowest BCUT2D eigenvalue weighted by Gasteiger charge is -2.00. The van der Waals surface area contributed by atoms with Crippen LogP contribution in [0.4, 0.5) is 5.69 Å². The third kappa shape index (κ3) is 1.76. The lowest BCUT2D eigenvalue weighted by atomic mass is 10.3. The number of rotatable bonds is 3. The fourth-order valence-corrected chi connectivity index (χ4v) is 1.26. The van der Waals surface area contributed by atoms with Gasteiger partial charge in [-0.15, -0.1) is 0 Å². The molecule has 14 heavy (non-hydrogen) atoms. The Bertz CT molecular complexity index is 414. The van der Waals surface area contributed by atoms with E-state index >= 15 is 0 Å². The van der Waals surface area contributed by atoms with Crippen LogP contribution in [0.1, 0.15) is 11.4 Å². The van der Waals surface area contributed by atoms with Gasteiger partial charge < -0.3 is 10.3 Å². The van der Waals surface area contributed by atoms with Gasteiger partial charge >= 0.3 is 0 Å². The Morgan fingerprint density at radius 3 is 3.00 bits per heavy atom. The summed E-state index contributed by atoms with van der Waals surface area (Å²) in [6.07, 6.45) is 5.43. The Kier molecular flexibility index (Phi) is 2.22. The molecule has 0 radical (unpaired) electrons. The van der Waals surface area contributed by atoms with Crippen molar-refractivity contribution in [1.29, 1.82) is 0 Å². The van der Waals surface area contributed by atoms with Crippen molar-refractivity contribution < 1.29 is 0 Å². The smallest absolute Gasteiger partial charge is 0.0925 e. The molecular weight excluding hydrogens is 178 g/mol. The Balaban J connectivity index is 1.98. The van der Waals surface area contributed by atoms with Gasteiger partial charge in [-0.2, -0.15) is 5.10 Å². The molecule has 0 atom stereocenters. The maximum absolute atomic E-state index is 4.19. The summed E-state index contributed by atoms with van der Waals surface area (Å²) in [4.78, 5) is 7.23. The van der Waals surface area contributed by atoms with Crippen LogP contribution in [-0.4, -0.2) is 19.7 Å². The van der Waals surface area contributed by atoms with Crippen molar-refractivity contribution in [3.63, 3.8) is 0 Å². The van der Waals surface area contributed by atoms with Gasteiger partial charge in [-0.25, -0.2) is 4.98 Å². The van der Waals surface area contributed by atoms with E-state index in [0.29, 0.717) is 0 Å². The molecule has 5 heteroatoms. The standard InChI is InChI=1S/C9H13N5/c1-7-9(12-6-11-7)4-10-8-3-13-14(2)5-8/h3,5-6,10H,4H2,1-2H3,(H,11,12). The number of aromatic nitrogens is 4. The molecule has 0 bridgehead atoms. The van der Waals surface area contributed by atoms with Gasteiger partial charge in [-0.05, 0) is 6.92 Å². The highest BCUT2D eigenvalue weighted by atomic mass is 15.3. The van der Waals surface area contributed by atoms with Crippen LogP contribution < -0.4 is 5.32 Å². The van der Waals surface area contributed by atoms with Crippen molar-refractivity contribution in [2.75, 3.05) is 5.32 Å². The van der Waals surface area contributed by atoms with Crippen molar-refractivity contribution in [1.82, 2.24) is 19.7 Å². The zero-order chi connectivity index (χ0) is 9.97. The molecule has 2 N–H and O–H groups in total. The molecule has 74 valence electrons. The molecule has 2 rings (SSSR count). The molecule has 0 aliphatic rings. The summed E-state index contributed by atoms with van der Waals surface area (Å²) in [5.41, 5.74) is 3.14. The molecule has 0 aliphatic heterocycles. The van der Waals surface area contributed by atoms with Crippen molar-refractivity contribution in [2.45, 2.75) is 13.5 Å². The largest absolute Gasteiger partial charge is 0.377 e. The summed E-state index contributed by atoms with van der Waals surface area (Å²) in [6.45, 7) is 2.73. The number of aryl methyl sites for hydroxylation is 2. The number of hydrogen-bond donors (Lipinski definition) is 2. The molecule has 0 fully saturated rings.